The molecule has 0 radical (unpaired) electrons. The minimum Gasteiger partial charge on any atom is -0.273 e. The fourth-order valence-corrected chi connectivity index (χ4v) is 1.68. The predicted octanol–water partition coefficient (Wildman–Crippen LogP) is 2.04. The number of hydrogen-bond acceptors (Lipinski definition) is 3. The van der Waals surface area contributed by atoms with Crippen LogP contribution in [-0.4, -0.2) is 16.8 Å². The Labute approximate surface area is 117 Å². The van der Waals surface area contributed by atoms with Crippen molar-refractivity contribution in [2.75, 3.05) is 0 Å². The highest BCUT2D eigenvalue weighted by Gasteiger charge is 2.13. The molecular weight excluding hydrogens is 254 g/mol. The average molecular weight is 271 g/mol. The molecule has 1 heterocycles. The molecule has 5 nitrogen and oxygen atoms in total. The number of para-hydroxylation sites is 1. The smallest absolute Gasteiger partial charge is 0.273 e. The molecule has 104 valence electrons. The average Bonchev–Trinajstić information content (AvgIpc) is 2.50. The Bertz CT molecular complexity index is 640. The van der Waals surface area contributed by atoms with Crippen LogP contribution in [-0.2, 0) is 4.79 Å². The van der Waals surface area contributed by atoms with Crippen LogP contribution in [0.25, 0.3) is 10.9 Å². The third-order valence-electron chi connectivity index (χ3n) is 3.19. The van der Waals surface area contributed by atoms with Crippen LogP contribution in [0.5, 0.6) is 0 Å². The Balaban J connectivity index is 2.06. The van der Waals surface area contributed by atoms with E-state index in [-0.39, 0.29) is 17.5 Å². The van der Waals surface area contributed by atoms with Crippen molar-refractivity contribution in [2.24, 2.45) is 5.92 Å². The van der Waals surface area contributed by atoms with Crippen molar-refractivity contribution in [2.45, 2.75) is 20.3 Å². The van der Waals surface area contributed by atoms with Crippen LogP contribution < -0.4 is 10.9 Å². The summed E-state index contributed by atoms with van der Waals surface area (Å²) in [6.07, 6.45) is 0.718. The van der Waals surface area contributed by atoms with Crippen molar-refractivity contribution < 1.29 is 9.59 Å². The van der Waals surface area contributed by atoms with Crippen molar-refractivity contribution >= 4 is 22.7 Å². The van der Waals surface area contributed by atoms with E-state index in [0.29, 0.717) is 0 Å². The second-order valence-corrected chi connectivity index (χ2v) is 4.64. The molecule has 0 bridgehead atoms. The standard InChI is InChI=1S/C15H17N3O2/c1-3-10(2)14(19)17-18-15(20)13-9-8-11-6-4-5-7-12(11)16-13/h4-10H,3H2,1-2H3,(H,17,19)(H,18,20). The van der Waals surface area contributed by atoms with Gasteiger partial charge in [0.2, 0.25) is 5.91 Å². The first-order valence-corrected chi connectivity index (χ1v) is 6.57. The van der Waals surface area contributed by atoms with E-state index in [1.54, 1.807) is 13.0 Å². The van der Waals surface area contributed by atoms with Gasteiger partial charge < -0.3 is 0 Å². The third-order valence-corrected chi connectivity index (χ3v) is 3.19. The summed E-state index contributed by atoms with van der Waals surface area (Å²) in [5, 5.41) is 0.965. The quantitative estimate of drug-likeness (QED) is 0.839. The largest absolute Gasteiger partial charge is 0.288 e. The van der Waals surface area contributed by atoms with Gasteiger partial charge >= 0.3 is 0 Å². The summed E-state index contributed by atoms with van der Waals surface area (Å²) < 4.78 is 0. The van der Waals surface area contributed by atoms with E-state index in [9.17, 15) is 9.59 Å². The second kappa shape index (κ2) is 6.14. The molecule has 2 aromatic rings. The number of aromatic nitrogens is 1. The number of fused-ring (bicyclic) bond motifs is 1. The molecule has 0 aliphatic rings. The maximum absolute atomic E-state index is 11.9. The van der Waals surface area contributed by atoms with Crippen molar-refractivity contribution in [3.8, 4) is 0 Å². The Hall–Kier alpha value is -2.43. The van der Waals surface area contributed by atoms with Gasteiger partial charge in [0.1, 0.15) is 5.69 Å². The van der Waals surface area contributed by atoms with E-state index in [0.717, 1.165) is 17.3 Å². The molecule has 0 aliphatic heterocycles. The predicted molar refractivity (Wildman–Crippen MR) is 76.8 cm³/mol. The number of carbonyl (C=O) groups excluding carboxylic acids is 2. The van der Waals surface area contributed by atoms with Crippen molar-refractivity contribution in [3.05, 3.63) is 42.1 Å². The van der Waals surface area contributed by atoms with Crippen LogP contribution in [0.15, 0.2) is 36.4 Å². The number of nitrogens with zero attached hydrogens (tertiary/aromatic N) is 1. The van der Waals surface area contributed by atoms with Gasteiger partial charge in [-0.2, -0.15) is 0 Å². The van der Waals surface area contributed by atoms with E-state index >= 15 is 0 Å². The molecule has 1 aromatic heterocycles. The maximum atomic E-state index is 11.9. The summed E-state index contributed by atoms with van der Waals surface area (Å²) in [7, 11) is 0. The summed E-state index contributed by atoms with van der Waals surface area (Å²) >= 11 is 0. The Morgan fingerprint density at radius 3 is 2.65 bits per heavy atom. The van der Waals surface area contributed by atoms with E-state index < -0.39 is 5.91 Å². The van der Waals surface area contributed by atoms with Crippen LogP contribution in [0.2, 0.25) is 0 Å². The number of hydrogen-bond donors (Lipinski definition) is 2. The number of carbonyl (C=O) groups is 2. The van der Waals surface area contributed by atoms with E-state index in [2.05, 4.69) is 15.8 Å². The minimum atomic E-state index is -0.424. The first-order chi connectivity index (χ1) is 9.61. The highest BCUT2D eigenvalue weighted by Crippen LogP contribution is 2.11. The molecule has 0 aliphatic carbocycles. The maximum Gasteiger partial charge on any atom is 0.288 e. The summed E-state index contributed by atoms with van der Waals surface area (Å²) in [5.41, 5.74) is 5.79. The fourth-order valence-electron chi connectivity index (χ4n) is 1.68. The summed E-state index contributed by atoms with van der Waals surface area (Å²) in [4.78, 5) is 27.7. The van der Waals surface area contributed by atoms with Crippen molar-refractivity contribution in [1.29, 1.82) is 0 Å². The van der Waals surface area contributed by atoms with Gasteiger partial charge in [0, 0.05) is 11.3 Å². The summed E-state index contributed by atoms with van der Waals surface area (Å²) in [5.74, 6) is -0.770. The number of pyridine rings is 1. The summed E-state index contributed by atoms with van der Waals surface area (Å²) in [6, 6.07) is 11.0. The molecular formula is C15H17N3O2. The lowest BCUT2D eigenvalue weighted by atomic mass is 10.1. The lowest BCUT2D eigenvalue weighted by molar-refractivity contribution is -0.125. The third kappa shape index (κ3) is 3.12. The van der Waals surface area contributed by atoms with Gasteiger partial charge in [-0.05, 0) is 18.6 Å². The van der Waals surface area contributed by atoms with E-state index in [1.165, 1.54) is 0 Å². The van der Waals surface area contributed by atoms with Crippen LogP contribution >= 0.6 is 0 Å². The number of amides is 2. The number of benzene rings is 1. The molecule has 0 spiro atoms. The van der Waals surface area contributed by atoms with Gasteiger partial charge in [0.25, 0.3) is 5.91 Å². The Morgan fingerprint density at radius 1 is 1.15 bits per heavy atom. The molecule has 2 rings (SSSR count). The molecule has 20 heavy (non-hydrogen) atoms. The molecule has 0 saturated carbocycles. The molecule has 2 amide bonds. The second-order valence-electron chi connectivity index (χ2n) is 4.64. The monoisotopic (exact) mass is 271 g/mol. The zero-order valence-electron chi connectivity index (χ0n) is 11.5. The SMILES string of the molecule is CCC(C)C(=O)NNC(=O)c1ccc2ccccc2n1. The number of rotatable bonds is 3. The summed E-state index contributed by atoms with van der Waals surface area (Å²) in [6.45, 7) is 3.72. The molecule has 5 heteroatoms. The van der Waals surface area contributed by atoms with E-state index in [4.69, 9.17) is 0 Å². The molecule has 0 fully saturated rings. The fraction of sp³-hybridized carbons (Fsp3) is 0.267. The van der Waals surface area contributed by atoms with Crippen LogP contribution in [0.3, 0.4) is 0 Å². The number of nitrogens with one attached hydrogen (secondary N) is 2. The van der Waals surface area contributed by atoms with Crippen LogP contribution in [0.1, 0.15) is 30.8 Å². The molecule has 1 aromatic carbocycles. The lowest BCUT2D eigenvalue weighted by Gasteiger charge is -2.10. The zero-order chi connectivity index (χ0) is 14.5. The molecule has 2 N–H and O–H groups in total. The minimum absolute atomic E-state index is 0.139. The van der Waals surface area contributed by atoms with Gasteiger partial charge in [-0.1, -0.05) is 38.1 Å². The lowest BCUT2D eigenvalue weighted by Crippen LogP contribution is -2.44. The number of hydrazine groups is 1. The molecule has 1 unspecified atom stereocenters. The Morgan fingerprint density at radius 2 is 1.90 bits per heavy atom. The van der Waals surface area contributed by atoms with Gasteiger partial charge in [0.15, 0.2) is 0 Å². The topological polar surface area (TPSA) is 71.1 Å². The normalized spacial score (nSPS) is 11.9. The van der Waals surface area contributed by atoms with Crippen LogP contribution in [0, 0.1) is 5.92 Å². The first-order valence-electron chi connectivity index (χ1n) is 6.57. The van der Waals surface area contributed by atoms with Gasteiger partial charge in [-0.3, -0.25) is 20.4 Å². The highest BCUT2D eigenvalue weighted by molar-refractivity contribution is 5.96. The van der Waals surface area contributed by atoms with Gasteiger partial charge in [-0.15, -0.1) is 0 Å². The highest BCUT2D eigenvalue weighted by atomic mass is 16.2. The molecule has 1 atom stereocenters. The van der Waals surface area contributed by atoms with Crippen LogP contribution in [0.4, 0.5) is 0 Å². The Kier molecular flexibility index (Phi) is 4.30. The zero-order valence-corrected chi connectivity index (χ0v) is 11.5. The first kappa shape index (κ1) is 14.0. The molecule has 0 saturated heterocycles. The van der Waals surface area contributed by atoms with E-state index in [1.807, 2.05) is 37.3 Å². The van der Waals surface area contributed by atoms with Crippen molar-refractivity contribution in [1.82, 2.24) is 15.8 Å². The van der Waals surface area contributed by atoms with Gasteiger partial charge in [0.05, 0.1) is 5.52 Å². The van der Waals surface area contributed by atoms with Gasteiger partial charge in [-0.25, -0.2) is 4.98 Å². The van der Waals surface area contributed by atoms with Crippen molar-refractivity contribution in [3.63, 3.8) is 0 Å².